The predicted molar refractivity (Wildman–Crippen MR) is 63.5 cm³/mol. The van der Waals surface area contributed by atoms with Crippen LogP contribution in [0.2, 0.25) is 10.0 Å². The first-order valence-electron chi connectivity index (χ1n) is 5.10. The van der Waals surface area contributed by atoms with Gasteiger partial charge in [0.05, 0.1) is 15.6 Å². The van der Waals surface area contributed by atoms with E-state index in [-0.39, 0.29) is 15.7 Å². The van der Waals surface area contributed by atoms with Gasteiger partial charge in [-0.15, -0.1) is 0 Å². The molecule has 1 aromatic heterocycles. The van der Waals surface area contributed by atoms with Crippen LogP contribution < -0.4 is 0 Å². The van der Waals surface area contributed by atoms with E-state index in [9.17, 15) is 22.0 Å². The van der Waals surface area contributed by atoms with Gasteiger partial charge in [-0.1, -0.05) is 23.2 Å². The molecule has 2 nitrogen and oxygen atoms in total. The van der Waals surface area contributed by atoms with Gasteiger partial charge in [0, 0.05) is 6.20 Å². The van der Waals surface area contributed by atoms with Crippen LogP contribution in [0.3, 0.4) is 0 Å². The number of rotatable bonds is 2. The molecular formula is C11H5Cl2F5N2. The van der Waals surface area contributed by atoms with Crippen molar-refractivity contribution in [2.24, 2.45) is 0 Å². The van der Waals surface area contributed by atoms with Gasteiger partial charge in [0.15, 0.2) is 0 Å². The van der Waals surface area contributed by atoms with Crippen molar-refractivity contribution in [1.82, 2.24) is 9.78 Å². The van der Waals surface area contributed by atoms with Crippen LogP contribution >= 0.6 is 23.2 Å². The van der Waals surface area contributed by atoms with Gasteiger partial charge in [0.25, 0.3) is 6.43 Å². The van der Waals surface area contributed by atoms with Crippen LogP contribution in [-0.2, 0) is 6.18 Å². The first-order chi connectivity index (χ1) is 9.20. The van der Waals surface area contributed by atoms with Crippen molar-refractivity contribution >= 4 is 23.2 Å². The van der Waals surface area contributed by atoms with Crippen LogP contribution in [0, 0.1) is 0 Å². The predicted octanol–water partition coefficient (Wildman–Crippen LogP) is 5.14. The van der Waals surface area contributed by atoms with Gasteiger partial charge in [-0.25, -0.2) is 13.5 Å². The molecule has 108 valence electrons. The normalized spacial score (nSPS) is 12.2. The SMILES string of the molecule is FC(F)c1ccn(-c2c(Cl)cc(C(F)(F)F)cc2Cl)n1. The Kier molecular flexibility index (Phi) is 3.93. The average Bonchev–Trinajstić information content (AvgIpc) is 2.76. The Labute approximate surface area is 119 Å². The zero-order valence-electron chi connectivity index (χ0n) is 9.43. The third-order valence-corrected chi connectivity index (χ3v) is 2.98. The largest absolute Gasteiger partial charge is 0.416 e. The molecule has 0 bridgehead atoms. The Morgan fingerprint density at radius 3 is 2.05 bits per heavy atom. The molecule has 0 aliphatic heterocycles. The van der Waals surface area contributed by atoms with Crippen molar-refractivity contribution in [2.45, 2.75) is 12.6 Å². The lowest BCUT2D eigenvalue weighted by Crippen LogP contribution is -2.07. The van der Waals surface area contributed by atoms with Crippen LogP contribution in [0.15, 0.2) is 24.4 Å². The summed E-state index contributed by atoms with van der Waals surface area (Å²) < 4.78 is 63.4. The molecule has 1 heterocycles. The summed E-state index contributed by atoms with van der Waals surface area (Å²) in [5.41, 5.74) is -1.65. The summed E-state index contributed by atoms with van der Waals surface area (Å²) in [6, 6.07) is 2.34. The minimum absolute atomic E-state index is 0.0896. The van der Waals surface area contributed by atoms with E-state index in [2.05, 4.69) is 5.10 Å². The van der Waals surface area contributed by atoms with E-state index in [1.165, 1.54) is 0 Å². The van der Waals surface area contributed by atoms with Gasteiger partial charge in [-0.2, -0.15) is 18.3 Å². The fraction of sp³-hybridized carbons (Fsp3) is 0.182. The van der Waals surface area contributed by atoms with E-state index in [4.69, 9.17) is 23.2 Å². The molecule has 0 aliphatic rings. The van der Waals surface area contributed by atoms with Gasteiger partial charge < -0.3 is 0 Å². The van der Waals surface area contributed by atoms with Gasteiger partial charge >= 0.3 is 6.18 Å². The molecule has 0 saturated carbocycles. The molecule has 1 aromatic carbocycles. The lowest BCUT2D eigenvalue weighted by Gasteiger charge is -2.12. The van der Waals surface area contributed by atoms with E-state index < -0.39 is 23.9 Å². The highest BCUT2D eigenvalue weighted by atomic mass is 35.5. The highest BCUT2D eigenvalue weighted by Gasteiger charge is 2.32. The van der Waals surface area contributed by atoms with Gasteiger partial charge in [0.1, 0.15) is 11.4 Å². The zero-order valence-corrected chi connectivity index (χ0v) is 10.9. The van der Waals surface area contributed by atoms with Gasteiger partial charge in [-0.3, -0.25) is 0 Å². The van der Waals surface area contributed by atoms with Crippen LogP contribution in [0.4, 0.5) is 22.0 Å². The zero-order chi connectivity index (χ0) is 15.1. The Balaban J connectivity index is 2.52. The Morgan fingerprint density at radius 1 is 1.10 bits per heavy atom. The summed E-state index contributed by atoms with van der Waals surface area (Å²) >= 11 is 11.5. The molecule has 0 aliphatic carbocycles. The number of aromatic nitrogens is 2. The van der Waals surface area contributed by atoms with Crippen LogP contribution in [0.1, 0.15) is 17.7 Å². The second-order valence-corrected chi connectivity index (χ2v) is 4.59. The number of hydrogen-bond acceptors (Lipinski definition) is 1. The smallest absolute Gasteiger partial charge is 0.237 e. The quantitative estimate of drug-likeness (QED) is 0.697. The molecule has 0 amide bonds. The summed E-state index contributed by atoms with van der Waals surface area (Å²) in [6.07, 6.45) is -6.27. The average molecular weight is 331 g/mol. The number of nitrogens with zero attached hydrogens (tertiary/aromatic N) is 2. The van der Waals surface area contributed by atoms with Crippen molar-refractivity contribution < 1.29 is 22.0 Å². The number of halogens is 7. The molecule has 0 atom stereocenters. The first-order valence-corrected chi connectivity index (χ1v) is 5.86. The highest BCUT2D eigenvalue weighted by molar-refractivity contribution is 6.37. The fourth-order valence-corrected chi connectivity index (χ4v) is 2.19. The minimum atomic E-state index is -4.61. The Hall–Kier alpha value is -1.34. The minimum Gasteiger partial charge on any atom is -0.237 e. The molecule has 0 fully saturated rings. The number of alkyl halides is 5. The monoisotopic (exact) mass is 330 g/mol. The second kappa shape index (κ2) is 5.21. The third-order valence-electron chi connectivity index (χ3n) is 2.41. The summed E-state index contributed by atoms with van der Waals surface area (Å²) in [7, 11) is 0. The highest BCUT2D eigenvalue weighted by Crippen LogP contribution is 2.37. The van der Waals surface area contributed by atoms with E-state index in [0.717, 1.165) is 16.9 Å². The Morgan fingerprint density at radius 2 is 1.65 bits per heavy atom. The van der Waals surface area contributed by atoms with Crippen molar-refractivity contribution in [2.75, 3.05) is 0 Å². The molecule has 2 rings (SSSR count). The van der Waals surface area contributed by atoms with Crippen molar-refractivity contribution in [3.63, 3.8) is 0 Å². The maximum Gasteiger partial charge on any atom is 0.416 e. The topological polar surface area (TPSA) is 17.8 Å². The number of benzene rings is 1. The van der Waals surface area contributed by atoms with E-state index >= 15 is 0 Å². The molecule has 0 radical (unpaired) electrons. The lowest BCUT2D eigenvalue weighted by atomic mass is 10.2. The molecular weight excluding hydrogens is 326 g/mol. The van der Waals surface area contributed by atoms with Crippen LogP contribution in [0.25, 0.3) is 5.69 Å². The maximum absolute atomic E-state index is 12.6. The van der Waals surface area contributed by atoms with E-state index in [0.29, 0.717) is 12.1 Å². The Bertz CT molecular complexity index is 613. The summed E-state index contributed by atoms with van der Waals surface area (Å²) in [6.45, 7) is 0. The van der Waals surface area contributed by atoms with E-state index in [1.807, 2.05) is 0 Å². The van der Waals surface area contributed by atoms with E-state index in [1.54, 1.807) is 0 Å². The van der Waals surface area contributed by atoms with Crippen molar-refractivity contribution in [1.29, 1.82) is 0 Å². The van der Waals surface area contributed by atoms with Crippen LogP contribution in [0.5, 0.6) is 0 Å². The summed E-state index contributed by atoms with van der Waals surface area (Å²) in [4.78, 5) is 0. The van der Waals surface area contributed by atoms with Gasteiger partial charge in [-0.05, 0) is 18.2 Å². The molecule has 0 spiro atoms. The summed E-state index contributed by atoms with van der Waals surface area (Å²) in [5, 5.41) is 2.83. The summed E-state index contributed by atoms with van der Waals surface area (Å²) in [5.74, 6) is 0. The van der Waals surface area contributed by atoms with Crippen molar-refractivity contribution in [3.05, 3.63) is 45.7 Å². The van der Waals surface area contributed by atoms with Crippen LogP contribution in [-0.4, -0.2) is 9.78 Å². The molecule has 9 heteroatoms. The molecule has 20 heavy (non-hydrogen) atoms. The molecule has 0 saturated heterocycles. The lowest BCUT2D eigenvalue weighted by molar-refractivity contribution is -0.137. The molecule has 0 N–H and O–H groups in total. The standard InChI is InChI=1S/C11H5Cl2F5N2/c12-6-3-5(11(16,17)18)4-7(13)9(6)20-2-1-8(19-20)10(14)15/h1-4,10H. The van der Waals surface area contributed by atoms with Crippen molar-refractivity contribution in [3.8, 4) is 5.69 Å². The second-order valence-electron chi connectivity index (χ2n) is 3.77. The molecule has 2 aromatic rings. The maximum atomic E-state index is 12.6. The molecule has 0 unspecified atom stereocenters. The fourth-order valence-electron chi connectivity index (χ4n) is 1.53. The first kappa shape index (κ1) is 15.1. The van der Waals surface area contributed by atoms with Gasteiger partial charge in [0.2, 0.25) is 0 Å². The number of hydrogen-bond donors (Lipinski definition) is 0. The third kappa shape index (κ3) is 2.88.